The number of carbonyl (C=O) groups excluding carboxylic acids is 1. The Labute approximate surface area is 142 Å². The molecule has 0 radical (unpaired) electrons. The SMILES string of the molecule is CCCCCCCCCCCC(=O)OCN1C=[N+](C)CC1.[Cl-]. The van der Waals surface area contributed by atoms with E-state index >= 15 is 0 Å². The predicted octanol–water partition coefficient (Wildman–Crippen LogP) is 0.398. The number of rotatable bonds is 12. The summed E-state index contributed by atoms with van der Waals surface area (Å²) in [5, 5.41) is 0. The lowest BCUT2D eigenvalue weighted by molar-refractivity contribution is -0.482. The number of carbonyl (C=O) groups is 1. The molecule has 0 unspecified atom stereocenters. The molecule has 0 saturated heterocycles. The highest BCUT2D eigenvalue weighted by Crippen LogP contribution is 2.10. The molecule has 0 N–H and O–H groups in total. The molecule has 0 aromatic heterocycles. The van der Waals surface area contributed by atoms with Crippen LogP contribution < -0.4 is 12.4 Å². The fraction of sp³-hybridized carbons (Fsp3) is 0.882. The maximum Gasteiger partial charge on any atom is 0.308 e. The molecule has 1 aliphatic heterocycles. The van der Waals surface area contributed by atoms with Crippen LogP contribution in [0.5, 0.6) is 0 Å². The van der Waals surface area contributed by atoms with Crippen molar-refractivity contribution in [1.29, 1.82) is 0 Å². The molecule has 0 saturated carbocycles. The smallest absolute Gasteiger partial charge is 0.308 e. The van der Waals surface area contributed by atoms with Gasteiger partial charge in [0.25, 0.3) is 0 Å². The minimum Gasteiger partial charge on any atom is -1.00 e. The summed E-state index contributed by atoms with van der Waals surface area (Å²) in [5.41, 5.74) is 0. The lowest BCUT2D eigenvalue weighted by Crippen LogP contribution is -3.00. The lowest BCUT2D eigenvalue weighted by atomic mass is 10.1. The highest BCUT2D eigenvalue weighted by atomic mass is 35.5. The normalized spacial score (nSPS) is 13.7. The quantitative estimate of drug-likeness (QED) is 0.294. The standard InChI is InChI=1S/C17H33N2O2.ClH/c1-3-4-5-6-7-8-9-10-11-12-17(20)21-16-19-14-13-18(2)15-19;/h15H,3-14,16H2,1-2H3;1H/q+1;/p-1. The van der Waals surface area contributed by atoms with Gasteiger partial charge in [-0.05, 0) is 6.42 Å². The number of unbranched alkanes of at least 4 members (excludes halogenated alkanes) is 8. The van der Waals surface area contributed by atoms with Gasteiger partial charge in [0.1, 0.15) is 13.1 Å². The molecule has 22 heavy (non-hydrogen) atoms. The van der Waals surface area contributed by atoms with Gasteiger partial charge in [0.2, 0.25) is 13.1 Å². The number of likely N-dealkylation sites (N-methyl/N-ethyl adjacent to an activating group) is 1. The van der Waals surface area contributed by atoms with Crippen LogP contribution >= 0.6 is 0 Å². The molecular formula is C17H33ClN2O2. The monoisotopic (exact) mass is 332 g/mol. The zero-order valence-corrected chi connectivity index (χ0v) is 15.1. The van der Waals surface area contributed by atoms with Crippen LogP contribution in [0, 0.1) is 0 Å². The molecule has 0 bridgehead atoms. The highest BCUT2D eigenvalue weighted by molar-refractivity contribution is 5.69. The summed E-state index contributed by atoms with van der Waals surface area (Å²) in [6, 6.07) is 0. The van der Waals surface area contributed by atoms with Gasteiger partial charge in [-0.3, -0.25) is 9.37 Å². The molecule has 1 rings (SSSR count). The fourth-order valence-electron chi connectivity index (χ4n) is 2.59. The number of hydrogen-bond acceptors (Lipinski definition) is 3. The van der Waals surface area contributed by atoms with Crippen molar-refractivity contribution in [2.24, 2.45) is 0 Å². The number of ether oxygens (including phenoxy) is 1. The molecule has 0 amide bonds. The second-order valence-corrected chi connectivity index (χ2v) is 6.13. The van der Waals surface area contributed by atoms with Gasteiger partial charge in [-0.2, -0.15) is 0 Å². The summed E-state index contributed by atoms with van der Waals surface area (Å²) in [7, 11) is 2.03. The van der Waals surface area contributed by atoms with Crippen LogP contribution in [0.15, 0.2) is 0 Å². The minimum absolute atomic E-state index is 0. The van der Waals surface area contributed by atoms with E-state index in [1.54, 1.807) is 0 Å². The van der Waals surface area contributed by atoms with E-state index in [0.29, 0.717) is 13.2 Å². The van der Waals surface area contributed by atoms with Crippen molar-refractivity contribution >= 4 is 12.3 Å². The maximum atomic E-state index is 11.6. The Morgan fingerprint density at radius 2 is 1.68 bits per heavy atom. The Kier molecular flexibility index (Phi) is 13.4. The van der Waals surface area contributed by atoms with Crippen LogP contribution in [-0.2, 0) is 9.53 Å². The summed E-state index contributed by atoms with van der Waals surface area (Å²) in [4.78, 5) is 13.6. The van der Waals surface area contributed by atoms with Gasteiger partial charge in [-0.25, -0.2) is 4.90 Å². The molecule has 0 aromatic rings. The summed E-state index contributed by atoms with van der Waals surface area (Å²) in [6.45, 7) is 4.61. The van der Waals surface area contributed by atoms with E-state index in [2.05, 4.69) is 11.5 Å². The van der Waals surface area contributed by atoms with Crippen LogP contribution in [0.25, 0.3) is 0 Å². The second kappa shape index (κ2) is 13.9. The van der Waals surface area contributed by atoms with Crippen molar-refractivity contribution in [2.45, 2.75) is 71.1 Å². The van der Waals surface area contributed by atoms with E-state index in [4.69, 9.17) is 4.74 Å². The third kappa shape index (κ3) is 10.9. The summed E-state index contributed by atoms with van der Waals surface area (Å²) >= 11 is 0. The van der Waals surface area contributed by atoms with E-state index < -0.39 is 0 Å². The molecule has 130 valence electrons. The first-order valence-corrected chi connectivity index (χ1v) is 8.67. The number of halogens is 1. The van der Waals surface area contributed by atoms with Gasteiger partial charge in [-0.1, -0.05) is 58.3 Å². The van der Waals surface area contributed by atoms with Crippen LogP contribution in [0.3, 0.4) is 0 Å². The van der Waals surface area contributed by atoms with E-state index in [-0.39, 0.29) is 18.4 Å². The molecule has 0 fully saturated rings. The fourth-order valence-corrected chi connectivity index (χ4v) is 2.59. The third-order valence-electron chi connectivity index (χ3n) is 3.98. The van der Waals surface area contributed by atoms with Crippen LogP contribution in [-0.4, -0.2) is 48.7 Å². The van der Waals surface area contributed by atoms with Gasteiger partial charge < -0.3 is 17.1 Å². The minimum atomic E-state index is -0.0547. The predicted molar refractivity (Wildman–Crippen MR) is 86.6 cm³/mol. The maximum absolute atomic E-state index is 11.6. The van der Waals surface area contributed by atoms with Crippen molar-refractivity contribution < 1.29 is 26.5 Å². The lowest BCUT2D eigenvalue weighted by Gasteiger charge is -2.07. The number of esters is 1. The summed E-state index contributed by atoms with van der Waals surface area (Å²) in [5.74, 6) is -0.0547. The molecule has 1 heterocycles. The largest absolute Gasteiger partial charge is 1.00 e. The molecule has 4 nitrogen and oxygen atoms in total. The van der Waals surface area contributed by atoms with Gasteiger partial charge in [0.15, 0.2) is 0 Å². The Morgan fingerprint density at radius 3 is 2.23 bits per heavy atom. The van der Waals surface area contributed by atoms with E-state index in [9.17, 15) is 4.79 Å². The molecule has 5 heteroatoms. The van der Waals surface area contributed by atoms with Crippen molar-refractivity contribution in [3.63, 3.8) is 0 Å². The molecule has 1 aliphatic rings. The average molecular weight is 333 g/mol. The molecule has 0 aliphatic carbocycles. The Balaban J connectivity index is 0.00000441. The van der Waals surface area contributed by atoms with E-state index in [1.165, 1.54) is 44.9 Å². The van der Waals surface area contributed by atoms with Gasteiger partial charge in [-0.15, -0.1) is 0 Å². The highest BCUT2D eigenvalue weighted by Gasteiger charge is 2.17. The molecule has 0 atom stereocenters. The van der Waals surface area contributed by atoms with Crippen molar-refractivity contribution in [2.75, 3.05) is 26.9 Å². The second-order valence-electron chi connectivity index (χ2n) is 6.13. The molecule has 0 aromatic carbocycles. The van der Waals surface area contributed by atoms with Crippen LogP contribution in [0.1, 0.15) is 71.1 Å². The van der Waals surface area contributed by atoms with Crippen molar-refractivity contribution in [3.05, 3.63) is 0 Å². The van der Waals surface area contributed by atoms with E-state index in [0.717, 1.165) is 25.9 Å². The van der Waals surface area contributed by atoms with Crippen LogP contribution in [0.2, 0.25) is 0 Å². The first kappa shape index (κ1) is 21.2. The van der Waals surface area contributed by atoms with E-state index in [1.807, 2.05) is 18.3 Å². The summed E-state index contributed by atoms with van der Waals surface area (Å²) in [6.07, 6.45) is 14.1. The number of nitrogens with zero attached hydrogens (tertiary/aromatic N) is 2. The zero-order chi connectivity index (χ0) is 15.3. The molecular weight excluding hydrogens is 300 g/mol. The number of hydrogen-bond donors (Lipinski definition) is 0. The van der Waals surface area contributed by atoms with Crippen molar-refractivity contribution in [3.8, 4) is 0 Å². The summed E-state index contributed by atoms with van der Waals surface area (Å²) < 4.78 is 7.38. The van der Waals surface area contributed by atoms with Crippen LogP contribution in [0.4, 0.5) is 0 Å². The van der Waals surface area contributed by atoms with Gasteiger partial charge in [0, 0.05) is 6.42 Å². The van der Waals surface area contributed by atoms with Gasteiger partial charge in [0.05, 0.1) is 7.05 Å². The third-order valence-corrected chi connectivity index (χ3v) is 3.98. The average Bonchev–Trinajstić information content (AvgIpc) is 2.89. The topological polar surface area (TPSA) is 32.5 Å². The first-order valence-electron chi connectivity index (χ1n) is 8.67. The Hall–Kier alpha value is -0.770. The molecule has 0 spiro atoms. The van der Waals surface area contributed by atoms with Crippen molar-refractivity contribution in [1.82, 2.24) is 4.90 Å². The van der Waals surface area contributed by atoms with Gasteiger partial charge >= 0.3 is 5.97 Å². The first-order chi connectivity index (χ1) is 10.2. The zero-order valence-electron chi connectivity index (χ0n) is 14.4. The Morgan fingerprint density at radius 1 is 1.09 bits per heavy atom. The Bertz CT molecular complexity index is 322.